The molecule has 0 amide bonds. The zero-order valence-electron chi connectivity index (χ0n) is 15.5. The number of benzene rings is 3. The molecule has 0 bridgehead atoms. The van der Waals surface area contributed by atoms with Gasteiger partial charge in [0.1, 0.15) is 0 Å². The molecular formula is C25H25N. The summed E-state index contributed by atoms with van der Waals surface area (Å²) in [5.74, 6) is 0. The fourth-order valence-electron chi connectivity index (χ4n) is 2.92. The minimum absolute atomic E-state index is 1.05. The fourth-order valence-corrected chi connectivity index (χ4v) is 2.92. The molecule has 0 unspecified atom stereocenters. The molecule has 0 aliphatic heterocycles. The van der Waals surface area contributed by atoms with Crippen LogP contribution in [0.25, 0.3) is 6.08 Å². The van der Waals surface area contributed by atoms with Gasteiger partial charge in [0.25, 0.3) is 0 Å². The van der Waals surface area contributed by atoms with Crippen molar-refractivity contribution < 1.29 is 0 Å². The maximum absolute atomic E-state index is 2.29. The Hall–Kier alpha value is -3.06. The summed E-state index contributed by atoms with van der Waals surface area (Å²) >= 11 is 0. The van der Waals surface area contributed by atoms with Gasteiger partial charge in [-0.1, -0.05) is 73.7 Å². The third kappa shape index (κ3) is 4.31. The van der Waals surface area contributed by atoms with Gasteiger partial charge in [-0.25, -0.2) is 0 Å². The van der Waals surface area contributed by atoms with Crippen LogP contribution in [-0.2, 0) is 0 Å². The average molecular weight is 339 g/mol. The second-order valence-corrected chi connectivity index (χ2v) is 6.24. The third-order valence-electron chi connectivity index (χ3n) is 4.31. The summed E-state index contributed by atoms with van der Waals surface area (Å²) in [5.41, 5.74) is 5.98. The molecule has 0 atom stereocenters. The van der Waals surface area contributed by atoms with E-state index in [4.69, 9.17) is 0 Å². The van der Waals surface area contributed by atoms with Crippen LogP contribution < -0.4 is 4.90 Å². The molecule has 0 fully saturated rings. The second-order valence-electron chi connectivity index (χ2n) is 6.24. The van der Waals surface area contributed by atoms with Gasteiger partial charge in [-0.15, -0.1) is 0 Å². The Labute approximate surface area is 156 Å². The van der Waals surface area contributed by atoms with E-state index in [0.717, 1.165) is 23.5 Å². The highest BCUT2D eigenvalue weighted by molar-refractivity contribution is 5.78. The lowest BCUT2D eigenvalue weighted by Crippen LogP contribution is -2.10. The quantitative estimate of drug-likeness (QED) is 0.422. The Balaban J connectivity index is 2.05. The van der Waals surface area contributed by atoms with Gasteiger partial charge in [-0.3, -0.25) is 0 Å². The van der Waals surface area contributed by atoms with Gasteiger partial charge in [0, 0.05) is 17.1 Å². The van der Waals surface area contributed by atoms with E-state index >= 15 is 0 Å². The molecule has 130 valence electrons. The van der Waals surface area contributed by atoms with Crippen molar-refractivity contribution in [2.45, 2.75) is 20.3 Å². The number of nitrogens with zero attached hydrogens (tertiary/aromatic N) is 1. The molecule has 0 aliphatic carbocycles. The maximum Gasteiger partial charge on any atom is 0.0467 e. The SMILES string of the molecule is CC/C=C\C=C/c1cc(N(c2ccccc2)c2ccccc2)ccc1C. The second kappa shape index (κ2) is 8.87. The topological polar surface area (TPSA) is 3.24 Å². The maximum atomic E-state index is 2.29. The van der Waals surface area contributed by atoms with Crippen molar-refractivity contribution >= 4 is 23.1 Å². The average Bonchev–Trinajstić information content (AvgIpc) is 2.69. The monoisotopic (exact) mass is 339 g/mol. The Morgan fingerprint density at radius 2 is 1.35 bits per heavy atom. The van der Waals surface area contributed by atoms with Gasteiger partial charge < -0.3 is 4.90 Å². The number of rotatable bonds is 6. The smallest absolute Gasteiger partial charge is 0.0467 e. The molecule has 0 N–H and O–H groups in total. The van der Waals surface area contributed by atoms with Crippen molar-refractivity contribution in [3.8, 4) is 0 Å². The van der Waals surface area contributed by atoms with Gasteiger partial charge in [0.2, 0.25) is 0 Å². The predicted octanol–water partition coefficient (Wildman–Crippen LogP) is 7.44. The summed E-state index contributed by atoms with van der Waals surface area (Å²) in [5, 5.41) is 0. The molecule has 0 aromatic heterocycles. The van der Waals surface area contributed by atoms with Crippen LogP contribution in [0.2, 0.25) is 0 Å². The number of hydrogen-bond donors (Lipinski definition) is 0. The molecule has 0 saturated heterocycles. The van der Waals surface area contributed by atoms with Crippen molar-refractivity contribution in [1.82, 2.24) is 0 Å². The van der Waals surface area contributed by atoms with Crippen molar-refractivity contribution in [3.63, 3.8) is 0 Å². The standard InChI is InChI=1S/C25H25N/c1-3-4-5-8-13-22-20-25(19-18-21(22)2)26(23-14-9-6-10-15-23)24-16-11-7-12-17-24/h4-20H,3H2,1-2H3/b5-4-,13-8-. The molecular weight excluding hydrogens is 314 g/mol. The minimum atomic E-state index is 1.05. The Bertz CT molecular complexity index is 837. The fraction of sp³-hybridized carbons (Fsp3) is 0.120. The highest BCUT2D eigenvalue weighted by Crippen LogP contribution is 2.35. The Morgan fingerprint density at radius 3 is 1.92 bits per heavy atom. The number of allylic oxidation sites excluding steroid dienone is 3. The van der Waals surface area contributed by atoms with Gasteiger partial charge >= 0.3 is 0 Å². The van der Waals surface area contributed by atoms with Gasteiger partial charge in [-0.2, -0.15) is 0 Å². The lowest BCUT2D eigenvalue weighted by Gasteiger charge is -2.26. The van der Waals surface area contributed by atoms with E-state index in [0.29, 0.717) is 0 Å². The van der Waals surface area contributed by atoms with Crippen LogP contribution in [0.5, 0.6) is 0 Å². The predicted molar refractivity (Wildman–Crippen MR) is 114 cm³/mol. The molecule has 0 heterocycles. The summed E-state index contributed by atoms with van der Waals surface area (Å²) in [6, 6.07) is 27.6. The minimum Gasteiger partial charge on any atom is -0.310 e. The molecule has 1 heteroatoms. The Kier molecular flexibility index (Phi) is 6.05. The first-order valence-electron chi connectivity index (χ1n) is 9.13. The zero-order valence-corrected chi connectivity index (χ0v) is 15.5. The lowest BCUT2D eigenvalue weighted by atomic mass is 10.1. The number of hydrogen-bond acceptors (Lipinski definition) is 1. The van der Waals surface area contributed by atoms with Crippen LogP contribution >= 0.6 is 0 Å². The molecule has 26 heavy (non-hydrogen) atoms. The largest absolute Gasteiger partial charge is 0.310 e. The number of aryl methyl sites for hydroxylation is 1. The highest BCUT2D eigenvalue weighted by Gasteiger charge is 2.12. The molecule has 3 aromatic rings. The Morgan fingerprint density at radius 1 is 0.731 bits per heavy atom. The van der Waals surface area contributed by atoms with Crippen molar-refractivity contribution in [2.24, 2.45) is 0 Å². The summed E-state index contributed by atoms with van der Waals surface area (Å²) in [6.45, 7) is 4.30. The first kappa shape index (κ1) is 17.8. The molecule has 0 radical (unpaired) electrons. The molecule has 1 nitrogen and oxygen atoms in total. The van der Waals surface area contributed by atoms with E-state index in [1.807, 2.05) is 0 Å². The highest BCUT2D eigenvalue weighted by atomic mass is 15.1. The van der Waals surface area contributed by atoms with Crippen molar-refractivity contribution in [2.75, 3.05) is 4.90 Å². The number of para-hydroxylation sites is 2. The van der Waals surface area contributed by atoms with Crippen LogP contribution in [-0.4, -0.2) is 0 Å². The number of anilines is 3. The third-order valence-corrected chi connectivity index (χ3v) is 4.31. The van der Waals surface area contributed by atoms with Gasteiger partial charge in [-0.05, 0) is 60.9 Å². The molecule has 0 saturated carbocycles. The van der Waals surface area contributed by atoms with Crippen LogP contribution in [0.1, 0.15) is 24.5 Å². The molecule has 0 spiro atoms. The van der Waals surface area contributed by atoms with Crippen molar-refractivity contribution in [1.29, 1.82) is 0 Å². The molecule has 0 aliphatic rings. The van der Waals surface area contributed by atoms with Crippen molar-refractivity contribution in [3.05, 3.63) is 108 Å². The normalized spacial score (nSPS) is 11.3. The van der Waals surface area contributed by atoms with E-state index in [2.05, 4.69) is 122 Å². The first-order chi connectivity index (χ1) is 12.8. The van der Waals surface area contributed by atoms with E-state index < -0.39 is 0 Å². The molecule has 3 rings (SSSR count). The van der Waals surface area contributed by atoms with Crippen LogP contribution in [0.3, 0.4) is 0 Å². The summed E-state index contributed by atoms with van der Waals surface area (Å²) in [6.07, 6.45) is 9.62. The summed E-state index contributed by atoms with van der Waals surface area (Å²) in [7, 11) is 0. The van der Waals surface area contributed by atoms with E-state index in [1.165, 1.54) is 11.1 Å². The zero-order chi connectivity index (χ0) is 18.2. The summed E-state index contributed by atoms with van der Waals surface area (Å²) in [4.78, 5) is 2.29. The van der Waals surface area contributed by atoms with Gasteiger partial charge in [0.15, 0.2) is 0 Å². The summed E-state index contributed by atoms with van der Waals surface area (Å²) < 4.78 is 0. The van der Waals surface area contributed by atoms with Gasteiger partial charge in [0.05, 0.1) is 0 Å². The van der Waals surface area contributed by atoms with Crippen LogP contribution in [0.4, 0.5) is 17.1 Å². The van der Waals surface area contributed by atoms with E-state index in [1.54, 1.807) is 0 Å². The van der Waals surface area contributed by atoms with E-state index in [9.17, 15) is 0 Å². The van der Waals surface area contributed by atoms with Crippen LogP contribution in [0, 0.1) is 6.92 Å². The molecule has 3 aromatic carbocycles. The van der Waals surface area contributed by atoms with E-state index in [-0.39, 0.29) is 0 Å². The first-order valence-corrected chi connectivity index (χ1v) is 9.13. The van der Waals surface area contributed by atoms with Crippen LogP contribution in [0.15, 0.2) is 97.1 Å². The lowest BCUT2D eigenvalue weighted by molar-refractivity contribution is 1.22.